The molecule has 0 unspecified atom stereocenters. The first-order chi connectivity index (χ1) is 6.87. The molecular formula is C6H12Br2. The fourth-order valence-electron chi connectivity index (χ4n) is 0.155. The zero-order chi connectivity index (χ0) is 13.4. The van der Waals surface area contributed by atoms with Crippen LogP contribution in [-0.2, 0) is 0 Å². The summed E-state index contributed by atoms with van der Waals surface area (Å²) in [6.07, 6.45) is -10.9. The van der Waals surface area contributed by atoms with Gasteiger partial charge in [-0.25, -0.2) is 0 Å². The van der Waals surface area contributed by atoms with Gasteiger partial charge in [0, 0.05) is 21.6 Å². The Morgan fingerprint density at radius 3 is 1.50 bits per heavy atom. The van der Waals surface area contributed by atoms with Gasteiger partial charge in [0.2, 0.25) is 0 Å². The zero-order valence-electron chi connectivity index (χ0n) is 12.2. The predicted octanol–water partition coefficient (Wildman–Crippen LogP) is 3.34. The summed E-state index contributed by atoms with van der Waals surface area (Å²) in [4.78, 5) is 0. The molecule has 0 radical (unpaired) electrons. The van der Waals surface area contributed by atoms with Crippen molar-refractivity contribution in [2.24, 2.45) is 0 Å². The second-order valence-electron chi connectivity index (χ2n) is 0.871. The lowest BCUT2D eigenvalue weighted by molar-refractivity contribution is 0.715. The van der Waals surface area contributed by atoms with Crippen LogP contribution in [0.1, 0.15) is 36.5 Å². The van der Waals surface area contributed by atoms with E-state index in [1.54, 1.807) is 0 Å². The standard InChI is InChI=1S/C6H12Br2/c7-5-3-1-2-4-6-8/h1-6H2/i1D2,2D2,3D2,4D2. The average Bonchev–Trinajstić information content (AvgIpc) is 2.16. The largest absolute Gasteiger partial charge is 0.0928 e. The quantitative estimate of drug-likeness (QED) is 0.658. The molecule has 0 bridgehead atoms. The molecule has 0 fully saturated rings. The molecule has 0 saturated heterocycles. The fourth-order valence-corrected chi connectivity index (χ4v) is 0.436. The van der Waals surface area contributed by atoms with E-state index in [4.69, 9.17) is 11.0 Å². The van der Waals surface area contributed by atoms with E-state index < -0.39 is 36.2 Å². The van der Waals surface area contributed by atoms with Gasteiger partial charge in [0.25, 0.3) is 0 Å². The molecule has 0 saturated carbocycles. The van der Waals surface area contributed by atoms with Crippen LogP contribution in [0.25, 0.3) is 0 Å². The third kappa shape index (κ3) is 6.96. The van der Waals surface area contributed by atoms with Crippen molar-refractivity contribution in [2.75, 3.05) is 10.7 Å². The van der Waals surface area contributed by atoms with Gasteiger partial charge >= 0.3 is 0 Å². The van der Waals surface area contributed by atoms with Crippen molar-refractivity contribution < 1.29 is 11.0 Å². The van der Waals surface area contributed by atoms with Crippen molar-refractivity contribution in [3.05, 3.63) is 0 Å². The van der Waals surface area contributed by atoms with Gasteiger partial charge in [-0.1, -0.05) is 44.6 Å². The molecule has 0 atom stereocenters. The van der Waals surface area contributed by atoms with Gasteiger partial charge in [0.15, 0.2) is 0 Å². The molecule has 50 valence electrons. The molecule has 8 heavy (non-hydrogen) atoms. The van der Waals surface area contributed by atoms with Crippen LogP contribution in [0.2, 0.25) is 0 Å². The molecule has 0 spiro atoms. The van der Waals surface area contributed by atoms with Crippen molar-refractivity contribution >= 4 is 31.9 Å². The Balaban J connectivity index is 5.46. The molecule has 0 nitrogen and oxygen atoms in total. The Kier molecular flexibility index (Phi) is 2.22. The zero-order valence-corrected chi connectivity index (χ0v) is 7.34. The van der Waals surface area contributed by atoms with Gasteiger partial charge in [0.1, 0.15) is 0 Å². The van der Waals surface area contributed by atoms with Crippen LogP contribution in [0.15, 0.2) is 0 Å². The smallest absolute Gasteiger partial charge is 0.0275 e. The lowest BCUT2D eigenvalue weighted by Gasteiger charge is -1.92. The molecule has 0 heterocycles. The van der Waals surface area contributed by atoms with E-state index in [1.807, 2.05) is 0 Å². The summed E-state index contributed by atoms with van der Waals surface area (Å²) in [6.45, 7) is 0. The SMILES string of the molecule is [2H]C([2H])(CBr)C([2H])([2H])C([2H])([2H])C([2H])([2H])CBr. The van der Waals surface area contributed by atoms with Gasteiger partial charge in [0.05, 0.1) is 0 Å². The first-order valence-electron chi connectivity index (χ1n) is 5.99. The van der Waals surface area contributed by atoms with E-state index >= 15 is 0 Å². The maximum Gasteiger partial charge on any atom is 0.0275 e. The molecule has 0 amide bonds. The van der Waals surface area contributed by atoms with Crippen molar-refractivity contribution in [2.45, 2.75) is 25.5 Å². The summed E-state index contributed by atoms with van der Waals surface area (Å²) in [5.41, 5.74) is 0. The van der Waals surface area contributed by atoms with E-state index in [1.165, 1.54) is 0 Å². The summed E-state index contributed by atoms with van der Waals surface area (Å²) in [5.74, 6) is 0. The minimum Gasteiger partial charge on any atom is -0.0928 e. The highest BCUT2D eigenvalue weighted by Crippen LogP contribution is 2.02. The first kappa shape index (κ1) is 2.23. The third-order valence-electron chi connectivity index (χ3n) is 0.373. The summed E-state index contributed by atoms with van der Waals surface area (Å²) >= 11 is 5.54. The van der Waals surface area contributed by atoms with Crippen LogP contribution >= 0.6 is 31.9 Å². The van der Waals surface area contributed by atoms with Crippen LogP contribution < -0.4 is 0 Å². The molecule has 0 aliphatic heterocycles. The van der Waals surface area contributed by atoms with Crippen LogP contribution in [0.3, 0.4) is 0 Å². The molecule has 0 aromatic carbocycles. The van der Waals surface area contributed by atoms with Crippen molar-refractivity contribution in [1.29, 1.82) is 0 Å². The summed E-state index contributed by atoms with van der Waals surface area (Å²) in [5, 5.41) is -0.824. The van der Waals surface area contributed by atoms with Crippen LogP contribution in [0.4, 0.5) is 0 Å². The number of rotatable bonds is 5. The van der Waals surface area contributed by atoms with E-state index in [2.05, 4.69) is 31.9 Å². The van der Waals surface area contributed by atoms with Gasteiger partial charge in [-0.05, 0) is 12.7 Å². The Labute approximate surface area is 79.5 Å². The maximum atomic E-state index is 7.52. The Morgan fingerprint density at radius 1 is 0.875 bits per heavy atom. The fraction of sp³-hybridized carbons (Fsp3) is 1.00. The summed E-state index contributed by atoms with van der Waals surface area (Å²) in [7, 11) is 0. The highest BCUT2D eigenvalue weighted by Gasteiger charge is 1.84. The van der Waals surface area contributed by atoms with Crippen molar-refractivity contribution in [3.8, 4) is 0 Å². The minimum atomic E-state index is -2.96. The van der Waals surface area contributed by atoms with Gasteiger partial charge in [-0.2, -0.15) is 0 Å². The second kappa shape index (κ2) is 7.96. The average molecular weight is 252 g/mol. The molecule has 0 aliphatic rings. The second-order valence-corrected chi connectivity index (χ2v) is 1.99. The number of hydrogen-bond donors (Lipinski definition) is 0. The summed E-state index contributed by atoms with van der Waals surface area (Å²) < 4.78 is 59.7. The van der Waals surface area contributed by atoms with Crippen LogP contribution in [0, 0.1) is 0 Å². The van der Waals surface area contributed by atoms with Crippen molar-refractivity contribution in [1.82, 2.24) is 0 Å². The maximum absolute atomic E-state index is 7.52. The predicted molar refractivity (Wildman–Crippen MR) is 46.1 cm³/mol. The number of alkyl halides is 2. The van der Waals surface area contributed by atoms with E-state index in [0.717, 1.165) is 0 Å². The van der Waals surface area contributed by atoms with E-state index in [9.17, 15) is 0 Å². The molecule has 0 aromatic heterocycles. The van der Waals surface area contributed by atoms with Crippen LogP contribution in [0.5, 0.6) is 0 Å². The third-order valence-corrected chi connectivity index (χ3v) is 0.934. The summed E-state index contributed by atoms with van der Waals surface area (Å²) in [6, 6.07) is 0. The lowest BCUT2D eigenvalue weighted by atomic mass is 10.2. The topological polar surface area (TPSA) is 0 Å². The Bertz CT molecular complexity index is 225. The highest BCUT2D eigenvalue weighted by molar-refractivity contribution is 9.09. The highest BCUT2D eigenvalue weighted by atomic mass is 79.9. The Morgan fingerprint density at radius 2 is 1.25 bits per heavy atom. The van der Waals surface area contributed by atoms with Gasteiger partial charge < -0.3 is 0 Å². The normalized spacial score (nSPS) is 31.8. The van der Waals surface area contributed by atoms with Gasteiger partial charge in [-0.3, -0.25) is 0 Å². The molecular weight excluding hydrogens is 232 g/mol. The molecule has 2 heteroatoms. The number of halogens is 2. The van der Waals surface area contributed by atoms with Gasteiger partial charge in [-0.15, -0.1) is 0 Å². The molecule has 0 aliphatic carbocycles. The minimum absolute atomic E-state index is 0.412. The lowest BCUT2D eigenvalue weighted by Crippen LogP contribution is -1.78. The monoisotopic (exact) mass is 250 g/mol. The molecule has 0 aromatic rings. The Hall–Kier alpha value is 0.960. The van der Waals surface area contributed by atoms with E-state index in [0.29, 0.717) is 0 Å². The van der Waals surface area contributed by atoms with Crippen LogP contribution in [-0.4, -0.2) is 10.7 Å². The van der Waals surface area contributed by atoms with E-state index in [-0.39, 0.29) is 0 Å². The first-order valence-corrected chi connectivity index (χ1v) is 4.23. The van der Waals surface area contributed by atoms with Crippen molar-refractivity contribution in [3.63, 3.8) is 0 Å². The molecule has 0 rings (SSSR count). The number of hydrogen-bond acceptors (Lipinski definition) is 0. The molecule has 0 N–H and O–H groups in total.